The molecule has 1 amide bonds. The molecule has 1 aliphatic rings. The number of carbonyl (C=O) groups is 1. The highest BCUT2D eigenvalue weighted by molar-refractivity contribution is 5.76. The topological polar surface area (TPSA) is 66.3 Å². The van der Waals surface area contributed by atoms with Gasteiger partial charge in [-0.3, -0.25) is 9.48 Å². The van der Waals surface area contributed by atoms with E-state index >= 15 is 0 Å². The summed E-state index contributed by atoms with van der Waals surface area (Å²) >= 11 is 0. The third-order valence-electron chi connectivity index (χ3n) is 4.49. The number of rotatable bonds is 7. The lowest BCUT2D eigenvalue weighted by molar-refractivity contribution is -0.122. The van der Waals surface area contributed by atoms with Crippen molar-refractivity contribution in [3.05, 3.63) is 42.9 Å². The smallest absolute Gasteiger partial charge is 0.222 e. The molecule has 0 aromatic carbocycles. The van der Waals surface area contributed by atoms with Gasteiger partial charge in [-0.2, -0.15) is 5.10 Å². The predicted octanol–water partition coefficient (Wildman–Crippen LogP) is 0.851. The van der Waals surface area contributed by atoms with E-state index in [1.54, 1.807) is 10.9 Å². The summed E-state index contributed by atoms with van der Waals surface area (Å²) in [6.07, 6.45) is 5.86. The van der Waals surface area contributed by atoms with Gasteiger partial charge in [0.05, 0.1) is 6.04 Å². The second-order valence-electron chi connectivity index (χ2n) is 6.81. The first-order chi connectivity index (χ1) is 12.1. The van der Waals surface area contributed by atoms with Crippen molar-refractivity contribution in [3.8, 4) is 0 Å². The molecule has 1 N–H and O–H groups in total. The normalized spacial score (nSPS) is 20.2. The number of aromatic nitrogens is 3. The van der Waals surface area contributed by atoms with E-state index in [0.29, 0.717) is 18.9 Å². The van der Waals surface area contributed by atoms with Crippen molar-refractivity contribution in [2.24, 2.45) is 5.92 Å². The van der Waals surface area contributed by atoms with Crippen LogP contribution in [0.3, 0.4) is 0 Å². The highest BCUT2D eigenvalue weighted by atomic mass is 16.1. The number of anilines is 1. The molecule has 0 bridgehead atoms. The Balaban J connectivity index is 1.59. The molecule has 7 heteroatoms. The molecule has 0 spiro atoms. The van der Waals surface area contributed by atoms with Crippen LogP contribution in [0.2, 0.25) is 0 Å². The predicted molar refractivity (Wildman–Crippen MR) is 97.3 cm³/mol. The maximum absolute atomic E-state index is 12.4. The zero-order valence-corrected chi connectivity index (χ0v) is 14.9. The number of pyridine rings is 1. The van der Waals surface area contributed by atoms with E-state index in [9.17, 15) is 4.79 Å². The molecule has 1 aliphatic heterocycles. The second kappa shape index (κ2) is 8.11. The number of carbonyl (C=O) groups excluding carboxylic acids is 1. The molecule has 2 atom stereocenters. The van der Waals surface area contributed by atoms with E-state index in [4.69, 9.17) is 0 Å². The molecule has 2 aromatic rings. The van der Waals surface area contributed by atoms with Crippen LogP contribution < -0.4 is 10.2 Å². The molecule has 0 saturated carbocycles. The van der Waals surface area contributed by atoms with Crippen LogP contribution >= 0.6 is 0 Å². The molecule has 0 radical (unpaired) electrons. The molecule has 1 saturated heterocycles. The molecular formula is C18H26N6O. The molecule has 0 unspecified atom stereocenters. The maximum atomic E-state index is 12.4. The Labute approximate surface area is 148 Å². The van der Waals surface area contributed by atoms with Gasteiger partial charge in [-0.15, -0.1) is 0 Å². The average Bonchev–Trinajstić information content (AvgIpc) is 3.24. The summed E-state index contributed by atoms with van der Waals surface area (Å²) in [6.45, 7) is 3.24. The zero-order valence-electron chi connectivity index (χ0n) is 14.9. The van der Waals surface area contributed by atoms with E-state index < -0.39 is 0 Å². The Morgan fingerprint density at radius 3 is 2.84 bits per heavy atom. The standard InChI is InChI=1S/C18H26N6O/c1-22(2)12-15-13-23(17-6-3-4-8-19-17)14-16(15)21-18(25)7-11-24-10-5-9-20-24/h3-6,8-10,15-16H,7,11-14H2,1-2H3,(H,21,25)/t15-,16-/m1/s1. The quantitative estimate of drug-likeness (QED) is 0.808. The van der Waals surface area contributed by atoms with Gasteiger partial charge in [0.1, 0.15) is 5.82 Å². The summed E-state index contributed by atoms with van der Waals surface area (Å²) < 4.78 is 1.78. The summed E-state index contributed by atoms with van der Waals surface area (Å²) in [7, 11) is 4.14. The fourth-order valence-electron chi connectivity index (χ4n) is 3.34. The van der Waals surface area contributed by atoms with Crippen LogP contribution in [0.4, 0.5) is 5.82 Å². The van der Waals surface area contributed by atoms with Gasteiger partial charge in [-0.25, -0.2) is 4.98 Å². The van der Waals surface area contributed by atoms with Crippen LogP contribution in [-0.2, 0) is 11.3 Å². The van der Waals surface area contributed by atoms with E-state index in [0.717, 1.165) is 25.5 Å². The summed E-state index contributed by atoms with van der Waals surface area (Å²) in [5.41, 5.74) is 0. The fraction of sp³-hybridized carbons (Fsp3) is 0.500. The minimum Gasteiger partial charge on any atom is -0.354 e. The Bertz CT molecular complexity index is 657. The Morgan fingerprint density at radius 1 is 1.28 bits per heavy atom. The maximum Gasteiger partial charge on any atom is 0.222 e. The Morgan fingerprint density at radius 2 is 2.16 bits per heavy atom. The Kier molecular flexibility index (Phi) is 5.65. The van der Waals surface area contributed by atoms with Crippen LogP contribution in [0.5, 0.6) is 0 Å². The van der Waals surface area contributed by atoms with Gasteiger partial charge in [-0.1, -0.05) is 6.07 Å². The summed E-state index contributed by atoms with van der Waals surface area (Å²) in [6, 6.07) is 7.95. The molecule has 3 rings (SSSR count). The van der Waals surface area contributed by atoms with Crippen molar-refractivity contribution in [3.63, 3.8) is 0 Å². The number of nitrogens with zero attached hydrogens (tertiary/aromatic N) is 5. The average molecular weight is 342 g/mol. The van der Waals surface area contributed by atoms with Crippen molar-refractivity contribution in [2.45, 2.75) is 19.0 Å². The summed E-state index contributed by atoms with van der Waals surface area (Å²) in [4.78, 5) is 21.2. The molecule has 134 valence electrons. The highest BCUT2D eigenvalue weighted by Gasteiger charge is 2.34. The third-order valence-corrected chi connectivity index (χ3v) is 4.49. The number of aryl methyl sites for hydroxylation is 1. The van der Waals surface area contributed by atoms with E-state index in [1.807, 2.05) is 36.7 Å². The van der Waals surface area contributed by atoms with Gasteiger partial charge in [0, 0.05) is 57.1 Å². The number of amides is 1. The van der Waals surface area contributed by atoms with Crippen LogP contribution in [0.25, 0.3) is 0 Å². The SMILES string of the molecule is CN(C)C[C@@H]1CN(c2ccccn2)C[C@H]1NC(=O)CCn1cccn1. The van der Waals surface area contributed by atoms with Crippen molar-refractivity contribution in [1.82, 2.24) is 25.0 Å². The minimum absolute atomic E-state index is 0.0760. The van der Waals surface area contributed by atoms with Crippen LogP contribution in [0.1, 0.15) is 6.42 Å². The van der Waals surface area contributed by atoms with Gasteiger partial charge in [0.15, 0.2) is 0 Å². The van der Waals surface area contributed by atoms with Crippen molar-refractivity contribution >= 4 is 11.7 Å². The van der Waals surface area contributed by atoms with E-state index in [-0.39, 0.29) is 11.9 Å². The van der Waals surface area contributed by atoms with Gasteiger partial charge in [0.2, 0.25) is 5.91 Å². The second-order valence-corrected chi connectivity index (χ2v) is 6.81. The first kappa shape index (κ1) is 17.4. The molecular weight excluding hydrogens is 316 g/mol. The van der Waals surface area contributed by atoms with Gasteiger partial charge in [0.25, 0.3) is 0 Å². The van der Waals surface area contributed by atoms with Crippen molar-refractivity contribution in [1.29, 1.82) is 0 Å². The number of hydrogen-bond acceptors (Lipinski definition) is 5. The van der Waals surface area contributed by atoms with Crippen LogP contribution in [0, 0.1) is 5.92 Å². The van der Waals surface area contributed by atoms with Crippen molar-refractivity contribution in [2.75, 3.05) is 38.6 Å². The lowest BCUT2D eigenvalue weighted by atomic mass is 10.0. The van der Waals surface area contributed by atoms with Gasteiger partial charge < -0.3 is 15.1 Å². The summed E-state index contributed by atoms with van der Waals surface area (Å²) in [5, 5.41) is 7.36. The van der Waals surface area contributed by atoms with Gasteiger partial charge in [-0.05, 0) is 32.3 Å². The first-order valence-electron chi connectivity index (χ1n) is 8.69. The molecule has 1 fully saturated rings. The molecule has 0 aliphatic carbocycles. The third kappa shape index (κ3) is 4.79. The number of hydrogen-bond donors (Lipinski definition) is 1. The molecule has 2 aromatic heterocycles. The molecule has 3 heterocycles. The molecule has 25 heavy (non-hydrogen) atoms. The van der Waals surface area contributed by atoms with Crippen molar-refractivity contribution < 1.29 is 4.79 Å². The van der Waals surface area contributed by atoms with Crippen LogP contribution in [0.15, 0.2) is 42.9 Å². The van der Waals surface area contributed by atoms with E-state index in [2.05, 4.69) is 39.3 Å². The van der Waals surface area contributed by atoms with Crippen LogP contribution in [-0.4, -0.2) is 65.3 Å². The van der Waals surface area contributed by atoms with E-state index in [1.165, 1.54) is 0 Å². The summed E-state index contributed by atoms with van der Waals surface area (Å²) in [5.74, 6) is 1.43. The monoisotopic (exact) mass is 342 g/mol. The minimum atomic E-state index is 0.0760. The number of nitrogens with one attached hydrogen (secondary N) is 1. The molecule has 7 nitrogen and oxygen atoms in total. The Hall–Kier alpha value is -2.41. The lowest BCUT2D eigenvalue weighted by Gasteiger charge is -2.22. The highest BCUT2D eigenvalue weighted by Crippen LogP contribution is 2.23. The van der Waals surface area contributed by atoms with Gasteiger partial charge >= 0.3 is 0 Å². The lowest BCUT2D eigenvalue weighted by Crippen LogP contribution is -2.43. The largest absolute Gasteiger partial charge is 0.354 e. The fourth-order valence-corrected chi connectivity index (χ4v) is 3.34. The zero-order chi connectivity index (χ0) is 17.6. The first-order valence-corrected chi connectivity index (χ1v) is 8.69.